The molecule has 1 aliphatic heterocycles. The van der Waals surface area contributed by atoms with Crippen molar-refractivity contribution in [3.05, 3.63) is 54.1 Å². The summed E-state index contributed by atoms with van der Waals surface area (Å²) < 4.78 is 29.0. The summed E-state index contributed by atoms with van der Waals surface area (Å²) in [5, 5.41) is 8.66. The van der Waals surface area contributed by atoms with Crippen LogP contribution in [0.3, 0.4) is 0 Å². The number of fused-ring (bicyclic) bond motifs is 1. The molecule has 0 bridgehead atoms. The lowest BCUT2D eigenvalue weighted by atomic mass is 10.0. The Morgan fingerprint density at radius 3 is 2.40 bits per heavy atom. The molecule has 0 amide bonds. The summed E-state index contributed by atoms with van der Waals surface area (Å²) in [7, 11) is -3.50. The molecule has 0 spiro atoms. The second-order valence-corrected chi connectivity index (χ2v) is 9.70. The summed E-state index contributed by atoms with van der Waals surface area (Å²) in [6.07, 6.45) is 2.01. The summed E-state index contributed by atoms with van der Waals surface area (Å²) >= 11 is 0. The quantitative estimate of drug-likeness (QED) is 0.579. The highest BCUT2D eigenvalue weighted by molar-refractivity contribution is 7.89. The molecule has 0 radical (unpaired) electrons. The van der Waals surface area contributed by atoms with Crippen LogP contribution < -0.4 is 0 Å². The maximum Gasteiger partial charge on any atom is 0.243 e. The van der Waals surface area contributed by atoms with Gasteiger partial charge in [0.05, 0.1) is 16.5 Å². The van der Waals surface area contributed by atoms with Crippen molar-refractivity contribution >= 4 is 21.1 Å². The number of hydrogen-bond donors (Lipinski definition) is 0. The van der Waals surface area contributed by atoms with Gasteiger partial charge >= 0.3 is 0 Å². The van der Waals surface area contributed by atoms with Crippen LogP contribution >= 0.6 is 0 Å². The first-order chi connectivity index (χ1) is 14.5. The highest BCUT2D eigenvalue weighted by Gasteiger charge is 2.25. The molecular formula is C22H29N5O2S. The van der Waals surface area contributed by atoms with Crippen molar-refractivity contribution in [3.63, 3.8) is 0 Å². The largest absolute Gasteiger partial charge is 0.299 e. The minimum Gasteiger partial charge on any atom is -0.299 e. The third-order valence-corrected chi connectivity index (χ3v) is 7.98. The molecule has 2 heterocycles. The van der Waals surface area contributed by atoms with Crippen LogP contribution in [0.5, 0.6) is 0 Å². The van der Waals surface area contributed by atoms with E-state index < -0.39 is 10.0 Å². The average Bonchev–Trinajstić information content (AvgIpc) is 3.19. The highest BCUT2D eigenvalue weighted by Crippen LogP contribution is 2.28. The zero-order chi connectivity index (χ0) is 21.1. The van der Waals surface area contributed by atoms with Crippen molar-refractivity contribution in [2.45, 2.75) is 44.2 Å². The maximum absolute atomic E-state index is 12.8. The van der Waals surface area contributed by atoms with E-state index in [1.165, 1.54) is 9.87 Å². The minimum atomic E-state index is -3.50. The summed E-state index contributed by atoms with van der Waals surface area (Å²) in [5.41, 5.74) is 2.87. The first-order valence-electron chi connectivity index (χ1n) is 10.6. The molecule has 1 aliphatic rings. The Bertz CT molecular complexity index is 1090. The monoisotopic (exact) mass is 427 g/mol. The first-order valence-corrected chi connectivity index (χ1v) is 12.1. The van der Waals surface area contributed by atoms with Crippen molar-refractivity contribution in [2.75, 3.05) is 26.2 Å². The fourth-order valence-electron chi connectivity index (χ4n) is 4.23. The van der Waals surface area contributed by atoms with E-state index in [9.17, 15) is 8.42 Å². The van der Waals surface area contributed by atoms with E-state index in [2.05, 4.69) is 39.5 Å². The Hall–Kier alpha value is -2.29. The van der Waals surface area contributed by atoms with Crippen LogP contribution in [0.4, 0.5) is 0 Å². The molecule has 1 fully saturated rings. The molecule has 30 heavy (non-hydrogen) atoms. The summed E-state index contributed by atoms with van der Waals surface area (Å²) in [6.45, 7) is 7.58. The van der Waals surface area contributed by atoms with Gasteiger partial charge in [0.2, 0.25) is 10.0 Å². The zero-order valence-electron chi connectivity index (χ0n) is 17.6. The smallest absolute Gasteiger partial charge is 0.243 e. The number of hydrogen-bond acceptors (Lipinski definition) is 5. The lowest BCUT2D eigenvalue weighted by Gasteiger charge is -2.32. The fraction of sp³-hybridized carbons (Fsp3) is 0.455. The number of sulfonamides is 1. The zero-order valence-corrected chi connectivity index (χ0v) is 18.4. The molecule has 8 heteroatoms. The second kappa shape index (κ2) is 8.83. The van der Waals surface area contributed by atoms with Crippen molar-refractivity contribution in [1.82, 2.24) is 24.2 Å². The Morgan fingerprint density at radius 2 is 1.73 bits per heavy atom. The number of piperidine rings is 1. The molecule has 0 unspecified atom stereocenters. The van der Waals surface area contributed by atoms with E-state index in [0.29, 0.717) is 18.6 Å². The summed E-state index contributed by atoms with van der Waals surface area (Å²) in [6, 6.07) is 16.0. The lowest BCUT2D eigenvalue weighted by molar-refractivity contribution is 0.174. The van der Waals surface area contributed by atoms with E-state index in [0.717, 1.165) is 38.0 Å². The summed E-state index contributed by atoms with van der Waals surface area (Å²) in [5.74, 6) is 0. The first kappa shape index (κ1) is 21.0. The van der Waals surface area contributed by atoms with Gasteiger partial charge in [0.1, 0.15) is 5.52 Å². The van der Waals surface area contributed by atoms with E-state index in [-0.39, 0.29) is 10.9 Å². The van der Waals surface area contributed by atoms with Crippen LogP contribution in [-0.2, 0) is 16.6 Å². The van der Waals surface area contributed by atoms with Crippen LogP contribution in [0.2, 0.25) is 0 Å². The van der Waals surface area contributed by atoms with Crippen molar-refractivity contribution in [2.24, 2.45) is 0 Å². The van der Waals surface area contributed by atoms with Gasteiger partial charge in [-0.2, -0.15) is 4.31 Å². The highest BCUT2D eigenvalue weighted by atomic mass is 32.2. The number of likely N-dealkylation sites (tertiary alicyclic amines) is 1. The standard InChI is InChI=1S/C22H29N5O2S/c1-3-26(4-2)30(28,29)20-10-11-22-21(16-20)23-24-27(22)19-12-14-25(15-13-19)17-18-8-6-5-7-9-18/h5-11,16,19H,3-4,12-15,17H2,1-2H3. The van der Waals surface area contributed by atoms with Crippen LogP contribution in [0.15, 0.2) is 53.4 Å². The van der Waals surface area contributed by atoms with Gasteiger partial charge < -0.3 is 0 Å². The van der Waals surface area contributed by atoms with E-state index in [1.807, 2.05) is 30.7 Å². The number of nitrogens with zero attached hydrogens (tertiary/aromatic N) is 5. The predicted molar refractivity (Wildman–Crippen MR) is 118 cm³/mol. The molecular weight excluding hydrogens is 398 g/mol. The number of rotatable bonds is 7. The maximum atomic E-state index is 12.8. The lowest BCUT2D eigenvalue weighted by Crippen LogP contribution is -2.34. The minimum absolute atomic E-state index is 0.281. The van der Waals surface area contributed by atoms with Crippen LogP contribution in [0.25, 0.3) is 11.0 Å². The van der Waals surface area contributed by atoms with Gasteiger partial charge in [-0.15, -0.1) is 5.10 Å². The topological polar surface area (TPSA) is 71.3 Å². The Balaban J connectivity index is 1.48. The second-order valence-electron chi connectivity index (χ2n) is 7.77. The summed E-state index contributed by atoms with van der Waals surface area (Å²) in [4.78, 5) is 2.75. The van der Waals surface area contributed by atoms with Crippen molar-refractivity contribution < 1.29 is 8.42 Å². The predicted octanol–water partition coefficient (Wildman–Crippen LogP) is 3.30. The van der Waals surface area contributed by atoms with Gasteiger partial charge in [-0.3, -0.25) is 4.90 Å². The van der Waals surface area contributed by atoms with Gasteiger partial charge in [-0.25, -0.2) is 13.1 Å². The molecule has 7 nitrogen and oxygen atoms in total. The third-order valence-electron chi connectivity index (χ3n) is 5.94. The molecule has 1 aromatic heterocycles. The molecule has 3 aromatic rings. The van der Waals surface area contributed by atoms with Gasteiger partial charge in [0, 0.05) is 32.7 Å². The van der Waals surface area contributed by atoms with Crippen LogP contribution in [-0.4, -0.2) is 58.8 Å². The number of aromatic nitrogens is 3. The molecule has 1 saturated heterocycles. The Morgan fingerprint density at radius 1 is 1.03 bits per heavy atom. The molecule has 0 aliphatic carbocycles. The van der Waals surface area contributed by atoms with Crippen molar-refractivity contribution in [3.8, 4) is 0 Å². The van der Waals surface area contributed by atoms with Crippen LogP contribution in [0.1, 0.15) is 38.3 Å². The number of benzene rings is 2. The molecule has 0 saturated carbocycles. The van der Waals surface area contributed by atoms with E-state index in [4.69, 9.17) is 0 Å². The normalized spacial score (nSPS) is 16.5. The van der Waals surface area contributed by atoms with Gasteiger partial charge in [0.25, 0.3) is 0 Å². The molecule has 160 valence electrons. The molecule has 0 atom stereocenters. The fourth-order valence-corrected chi connectivity index (χ4v) is 5.71. The van der Waals surface area contributed by atoms with Gasteiger partial charge in [-0.1, -0.05) is 49.4 Å². The average molecular weight is 428 g/mol. The van der Waals surface area contributed by atoms with Crippen molar-refractivity contribution in [1.29, 1.82) is 0 Å². The SMILES string of the molecule is CCN(CC)S(=O)(=O)c1ccc2c(c1)nnn2C1CCN(Cc2ccccc2)CC1. The molecule has 2 aromatic carbocycles. The third kappa shape index (κ3) is 4.12. The van der Waals surface area contributed by atoms with E-state index in [1.54, 1.807) is 12.1 Å². The Labute approximate surface area is 178 Å². The molecule has 4 rings (SSSR count). The molecule has 0 N–H and O–H groups in total. The van der Waals surface area contributed by atoms with Gasteiger partial charge in [-0.05, 0) is 36.6 Å². The van der Waals surface area contributed by atoms with Crippen LogP contribution in [0, 0.1) is 0 Å². The Kier molecular flexibility index (Phi) is 6.17. The van der Waals surface area contributed by atoms with E-state index >= 15 is 0 Å². The van der Waals surface area contributed by atoms with Gasteiger partial charge in [0.15, 0.2) is 0 Å².